The van der Waals surface area contributed by atoms with E-state index in [0.29, 0.717) is 24.0 Å². The number of hydrogen-bond donors (Lipinski definition) is 3. The van der Waals surface area contributed by atoms with Crippen LogP contribution in [0.2, 0.25) is 0 Å². The number of anilines is 1. The third-order valence-corrected chi connectivity index (χ3v) is 9.83. The fourth-order valence-electron chi connectivity index (χ4n) is 6.87. The van der Waals surface area contributed by atoms with Crippen LogP contribution in [0.15, 0.2) is 54.6 Å². The highest BCUT2D eigenvalue weighted by Crippen LogP contribution is 2.60. The summed E-state index contributed by atoms with van der Waals surface area (Å²) in [6, 6.07) is 14.8. The number of aliphatic hydroxyl groups is 1. The van der Waals surface area contributed by atoms with Crippen molar-refractivity contribution in [3.8, 4) is 0 Å². The first-order chi connectivity index (χ1) is 19.8. The summed E-state index contributed by atoms with van der Waals surface area (Å²) in [5.74, 6) is -2.87. The molecule has 3 N–H and O–H groups in total. The highest BCUT2D eigenvalue weighted by atomic mass is 79.9. The summed E-state index contributed by atoms with van der Waals surface area (Å²) in [6.45, 7) is 3.64. The molecule has 1 aromatic heterocycles. The molecule has 3 aliphatic rings. The van der Waals surface area contributed by atoms with Crippen LogP contribution in [0.3, 0.4) is 0 Å². The first-order valence-corrected chi connectivity index (χ1v) is 14.9. The maximum Gasteiger partial charge on any atom is 0.247 e. The molecule has 2 aromatic carbocycles. The van der Waals surface area contributed by atoms with Crippen LogP contribution in [-0.4, -0.2) is 77.9 Å². The lowest BCUT2D eigenvalue weighted by Gasteiger charge is -2.38. The Bertz CT molecular complexity index is 1470. The van der Waals surface area contributed by atoms with Gasteiger partial charge in [0.25, 0.3) is 0 Å². The smallest absolute Gasteiger partial charge is 0.247 e. The van der Waals surface area contributed by atoms with E-state index in [4.69, 9.17) is 4.74 Å². The van der Waals surface area contributed by atoms with Gasteiger partial charge in [-0.25, -0.2) is 4.68 Å². The first kappa shape index (κ1) is 27.8. The molecule has 3 fully saturated rings. The van der Waals surface area contributed by atoms with Gasteiger partial charge in [-0.3, -0.25) is 14.4 Å². The van der Waals surface area contributed by atoms with Crippen LogP contribution in [0.25, 0.3) is 11.0 Å². The van der Waals surface area contributed by atoms with Crippen LogP contribution in [0.1, 0.15) is 26.7 Å². The topological polar surface area (TPSA) is 139 Å². The number of alkyl halides is 1. The van der Waals surface area contributed by atoms with Crippen molar-refractivity contribution in [1.29, 1.82) is 0 Å². The van der Waals surface area contributed by atoms with Gasteiger partial charge in [0.1, 0.15) is 23.8 Å². The number of nitrogens with zero attached hydrogens (tertiary/aromatic N) is 4. The summed E-state index contributed by atoms with van der Waals surface area (Å²) in [4.78, 5) is 43.4. The molecule has 11 nitrogen and oxygen atoms in total. The number of carbonyl (C=O) groups is 3. The van der Waals surface area contributed by atoms with E-state index >= 15 is 0 Å². The number of likely N-dealkylation sites (tertiary alicyclic amines) is 1. The Morgan fingerprint density at radius 1 is 1.17 bits per heavy atom. The van der Waals surface area contributed by atoms with Crippen LogP contribution in [0.4, 0.5) is 5.69 Å². The average molecular weight is 626 g/mol. The number of benzene rings is 2. The lowest BCUT2D eigenvalue weighted by Crippen LogP contribution is -2.59. The number of aliphatic hydroxyl groups excluding tert-OH is 1. The van der Waals surface area contributed by atoms with Gasteiger partial charge in [-0.2, -0.15) is 0 Å². The SMILES string of the molecule is CC[C@H](C)[C@H](CO)N1C(=O)[C@@H]2[C@H](C(=O)Nc3ccccc3)[C@H]3OC2(CC3Br)C1C(=O)NCn1nnc2ccccc21. The van der Waals surface area contributed by atoms with Crippen molar-refractivity contribution in [3.63, 3.8) is 0 Å². The number of halogens is 1. The second-order valence-corrected chi connectivity index (χ2v) is 12.4. The van der Waals surface area contributed by atoms with E-state index in [-0.39, 0.29) is 35.8 Å². The Balaban J connectivity index is 1.35. The molecule has 3 saturated heterocycles. The van der Waals surface area contributed by atoms with Crippen LogP contribution < -0.4 is 10.6 Å². The highest BCUT2D eigenvalue weighted by molar-refractivity contribution is 9.09. The number of fused-ring (bicyclic) bond motifs is 2. The molecule has 1 spiro atoms. The van der Waals surface area contributed by atoms with Crippen molar-refractivity contribution in [2.75, 3.05) is 11.9 Å². The molecule has 4 heterocycles. The predicted molar refractivity (Wildman–Crippen MR) is 154 cm³/mol. The molecule has 2 bridgehead atoms. The minimum atomic E-state index is -1.23. The van der Waals surface area contributed by atoms with Gasteiger partial charge in [-0.1, -0.05) is 71.7 Å². The molecule has 3 aliphatic heterocycles. The minimum Gasteiger partial charge on any atom is -0.394 e. The number of aromatic nitrogens is 3. The van der Waals surface area contributed by atoms with Crippen LogP contribution in [0.5, 0.6) is 0 Å². The maximum absolute atomic E-state index is 14.3. The van der Waals surface area contributed by atoms with E-state index in [2.05, 4.69) is 36.9 Å². The van der Waals surface area contributed by atoms with Gasteiger partial charge < -0.3 is 25.4 Å². The standard InChI is InChI=1S/C29H33BrN6O5/c1-3-16(2)21(14-37)36-25(27(39)31-15-35-20-12-8-7-11-19(20)33-34-35)29-13-18(30)24(41-29)22(23(29)28(36)40)26(38)32-17-9-5-4-6-10-17/h4-12,16,18,21-25,37H,3,13-15H2,1-2H3,(H,31,39)(H,32,38)/t16-,18?,21-,22-,23-,24-,25?,29?/m0/s1. The van der Waals surface area contributed by atoms with E-state index in [1.165, 1.54) is 4.90 Å². The zero-order valence-electron chi connectivity index (χ0n) is 22.8. The van der Waals surface area contributed by atoms with E-state index in [1.807, 2.05) is 56.3 Å². The maximum atomic E-state index is 14.3. The number of para-hydroxylation sites is 2. The van der Waals surface area contributed by atoms with E-state index in [1.54, 1.807) is 16.8 Å². The molecule has 0 aliphatic carbocycles. The van der Waals surface area contributed by atoms with Gasteiger partial charge in [0.2, 0.25) is 17.7 Å². The molecule has 6 rings (SSSR count). The molecule has 8 atom stereocenters. The second kappa shape index (κ2) is 10.8. The molecule has 12 heteroatoms. The Kier molecular flexibility index (Phi) is 7.33. The van der Waals surface area contributed by atoms with Gasteiger partial charge in [0, 0.05) is 10.5 Å². The van der Waals surface area contributed by atoms with E-state index in [9.17, 15) is 19.5 Å². The number of hydrogen-bond acceptors (Lipinski definition) is 7. The fraction of sp³-hybridized carbons (Fsp3) is 0.483. The lowest BCUT2D eigenvalue weighted by atomic mass is 9.70. The third kappa shape index (κ3) is 4.43. The lowest BCUT2D eigenvalue weighted by molar-refractivity contribution is -0.146. The zero-order chi connectivity index (χ0) is 28.9. The summed E-state index contributed by atoms with van der Waals surface area (Å²) in [7, 11) is 0. The molecular formula is C29H33BrN6O5. The molecule has 216 valence electrons. The highest BCUT2D eigenvalue weighted by Gasteiger charge is 2.77. The average Bonchev–Trinajstić information content (AvgIpc) is 3.70. The molecule has 0 radical (unpaired) electrons. The number of carbonyl (C=O) groups excluding carboxylic acids is 3. The Hall–Kier alpha value is -3.35. The Morgan fingerprint density at radius 3 is 2.63 bits per heavy atom. The zero-order valence-corrected chi connectivity index (χ0v) is 24.4. The molecule has 41 heavy (non-hydrogen) atoms. The van der Waals surface area contributed by atoms with Crippen molar-refractivity contribution < 1.29 is 24.2 Å². The molecule has 3 aromatic rings. The third-order valence-electron chi connectivity index (χ3n) is 8.99. The summed E-state index contributed by atoms with van der Waals surface area (Å²) in [6.07, 6.45) is 0.484. The van der Waals surface area contributed by atoms with Gasteiger partial charge in [-0.05, 0) is 36.6 Å². The van der Waals surface area contributed by atoms with Crippen LogP contribution >= 0.6 is 15.9 Å². The number of rotatable bonds is 9. The van der Waals surface area contributed by atoms with Crippen LogP contribution in [-0.2, 0) is 25.8 Å². The quantitative estimate of drug-likeness (QED) is 0.310. The largest absolute Gasteiger partial charge is 0.394 e. The predicted octanol–water partition coefficient (Wildman–Crippen LogP) is 2.30. The summed E-state index contributed by atoms with van der Waals surface area (Å²) < 4.78 is 8.15. The minimum absolute atomic E-state index is 0.0326. The fourth-order valence-corrected chi connectivity index (χ4v) is 7.81. The van der Waals surface area contributed by atoms with Crippen molar-refractivity contribution in [2.45, 2.75) is 62.0 Å². The summed E-state index contributed by atoms with van der Waals surface area (Å²) in [5, 5.41) is 24.7. The van der Waals surface area contributed by atoms with Gasteiger partial charge >= 0.3 is 0 Å². The van der Waals surface area contributed by atoms with Gasteiger partial charge in [-0.15, -0.1) is 5.10 Å². The number of amides is 3. The summed E-state index contributed by atoms with van der Waals surface area (Å²) in [5.41, 5.74) is 0.837. The summed E-state index contributed by atoms with van der Waals surface area (Å²) >= 11 is 3.69. The number of nitrogens with one attached hydrogen (secondary N) is 2. The Morgan fingerprint density at radius 2 is 1.90 bits per heavy atom. The van der Waals surface area contributed by atoms with Crippen molar-refractivity contribution in [1.82, 2.24) is 25.2 Å². The van der Waals surface area contributed by atoms with Crippen molar-refractivity contribution in [3.05, 3.63) is 54.6 Å². The van der Waals surface area contributed by atoms with E-state index in [0.717, 1.165) is 5.52 Å². The molecule has 3 unspecified atom stereocenters. The Labute approximate surface area is 245 Å². The normalized spacial score (nSPS) is 29.9. The van der Waals surface area contributed by atoms with Gasteiger partial charge in [0.15, 0.2) is 0 Å². The van der Waals surface area contributed by atoms with Crippen molar-refractivity contribution in [2.24, 2.45) is 17.8 Å². The number of ether oxygens (including phenoxy) is 1. The first-order valence-electron chi connectivity index (χ1n) is 14.0. The molecule has 3 amide bonds. The molecule has 0 saturated carbocycles. The second-order valence-electron chi connectivity index (χ2n) is 11.2. The monoisotopic (exact) mass is 624 g/mol. The molecular weight excluding hydrogens is 592 g/mol. The van der Waals surface area contributed by atoms with Crippen molar-refractivity contribution >= 4 is 50.4 Å². The van der Waals surface area contributed by atoms with E-state index < -0.39 is 41.5 Å². The van der Waals surface area contributed by atoms with Gasteiger partial charge in [0.05, 0.1) is 36.1 Å². The van der Waals surface area contributed by atoms with Crippen LogP contribution in [0, 0.1) is 17.8 Å².